The highest BCUT2D eigenvalue weighted by atomic mass is 15.1. The molecule has 0 spiro atoms. The van der Waals surface area contributed by atoms with Crippen LogP contribution < -0.4 is 4.90 Å². The molecule has 1 aliphatic rings. The molecule has 1 aromatic heterocycles. The number of benzene rings is 9. The number of hydrogen-bond donors (Lipinski definition) is 0. The van der Waals surface area contributed by atoms with Crippen LogP contribution in [0.5, 0.6) is 0 Å². The van der Waals surface area contributed by atoms with Gasteiger partial charge in [-0.25, -0.2) is 0 Å². The van der Waals surface area contributed by atoms with Crippen LogP contribution >= 0.6 is 0 Å². The zero-order valence-electron chi connectivity index (χ0n) is 35.0. The van der Waals surface area contributed by atoms with E-state index in [9.17, 15) is 0 Å². The van der Waals surface area contributed by atoms with Crippen molar-refractivity contribution in [1.29, 1.82) is 0 Å². The van der Waals surface area contributed by atoms with Gasteiger partial charge in [0.25, 0.3) is 0 Å². The van der Waals surface area contributed by atoms with Crippen molar-refractivity contribution in [1.82, 2.24) is 4.57 Å². The fourth-order valence-corrected chi connectivity index (χ4v) is 9.64. The number of fused-ring (bicyclic) bond motifs is 6. The maximum atomic E-state index is 2.41. The van der Waals surface area contributed by atoms with Gasteiger partial charge in [-0.1, -0.05) is 158 Å². The Balaban J connectivity index is 0.920. The average Bonchev–Trinajstić information content (AvgIpc) is 3.75. The first-order valence-corrected chi connectivity index (χ1v) is 21.3. The Bertz CT molecular complexity index is 3240. The lowest BCUT2D eigenvalue weighted by molar-refractivity contribution is 0.660. The van der Waals surface area contributed by atoms with Gasteiger partial charge in [-0.2, -0.15) is 0 Å². The highest BCUT2D eigenvalue weighted by Crippen LogP contribution is 2.50. The van der Waals surface area contributed by atoms with Gasteiger partial charge in [0.2, 0.25) is 0 Å². The van der Waals surface area contributed by atoms with E-state index in [1.54, 1.807) is 0 Å². The number of aromatic nitrogens is 1. The fourth-order valence-electron chi connectivity index (χ4n) is 9.64. The monoisotopic (exact) mass is 782 g/mol. The molecule has 1 heterocycles. The fraction of sp³-hybridized carbons (Fsp3) is 0.0847. The van der Waals surface area contributed by atoms with E-state index in [2.05, 4.69) is 243 Å². The van der Waals surface area contributed by atoms with Crippen LogP contribution in [-0.2, 0) is 5.41 Å². The van der Waals surface area contributed by atoms with E-state index in [0.29, 0.717) is 0 Å². The van der Waals surface area contributed by atoms with Gasteiger partial charge >= 0.3 is 0 Å². The standard InChI is InChI=1S/C59H46N2/c1-39-14-25-47(26-15-39)60(49-29-21-44(22-30-49)46-23-34-52-51-33-16-40(2)36-55(51)59(3,4)56(52)38-46)48-27-19-43(20-28-48)45-24-35-58-54(37-45)53-12-8-9-13-57(53)61(58)50-31-17-42(18-32-50)41-10-6-5-7-11-41/h5-38H,1-4H3. The van der Waals surface area contributed by atoms with E-state index in [4.69, 9.17) is 0 Å². The Morgan fingerprint density at radius 2 is 0.820 bits per heavy atom. The lowest BCUT2D eigenvalue weighted by Crippen LogP contribution is -2.15. The lowest BCUT2D eigenvalue weighted by atomic mass is 9.81. The van der Waals surface area contributed by atoms with Crippen molar-refractivity contribution in [2.45, 2.75) is 33.1 Å². The summed E-state index contributed by atoms with van der Waals surface area (Å²) >= 11 is 0. The van der Waals surface area contributed by atoms with Crippen molar-refractivity contribution < 1.29 is 0 Å². The van der Waals surface area contributed by atoms with Crippen LogP contribution in [0.1, 0.15) is 36.1 Å². The van der Waals surface area contributed by atoms with Gasteiger partial charge in [-0.3, -0.25) is 0 Å². The minimum absolute atomic E-state index is 0.0401. The third-order valence-corrected chi connectivity index (χ3v) is 12.9. The van der Waals surface area contributed by atoms with Gasteiger partial charge in [-0.15, -0.1) is 0 Å². The van der Waals surface area contributed by atoms with Gasteiger partial charge in [0, 0.05) is 38.9 Å². The molecule has 0 bridgehead atoms. The molecule has 9 aromatic carbocycles. The van der Waals surface area contributed by atoms with Crippen molar-refractivity contribution in [3.8, 4) is 50.2 Å². The molecule has 2 nitrogen and oxygen atoms in total. The van der Waals surface area contributed by atoms with E-state index < -0.39 is 0 Å². The predicted molar refractivity (Wildman–Crippen MR) is 259 cm³/mol. The van der Waals surface area contributed by atoms with Crippen LogP contribution in [0.2, 0.25) is 0 Å². The summed E-state index contributed by atoms with van der Waals surface area (Å²) in [6.45, 7) is 9.05. The van der Waals surface area contributed by atoms with Gasteiger partial charge in [-0.05, 0) is 142 Å². The molecule has 292 valence electrons. The molecule has 10 aromatic rings. The second-order valence-corrected chi connectivity index (χ2v) is 17.2. The zero-order chi connectivity index (χ0) is 41.2. The maximum absolute atomic E-state index is 2.41. The molecule has 61 heavy (non-hydrogen) atoms. The number of hydrogen-bond acceptors (Lipinski definition) is 1. The Labute approximate surface area is 358 Å². The minimum atomic E-state index is -0.0401. The third-order valence-electron chi connectivity index (χ3n) is 12.9. The number of para-hydroxylation sites is 1. The molecule has 0 unspecified atom stereocenters. The molecular formula is C59H46N2. The quantitative estimate of drug-likeness (QED) is 0.156. The van der Waals surface area contributed by atoms with Crippen LogP contribution in [0.25, 0.3) is 72.0 Å². The van der Waals surface area contributed by atoms with Crippen molar-refractivity contribution in [3.05, 3.63) is 229 Å². The number of rotatable bonds is 7. The van der Waals surface area contributed by atoms with E-state index >= 15 is 0 Å². The van der Waals surface area contributed by atoms with Crippen LogP contribution in [0.3, 0.4) is 0 Å². The average molecular weight is 783 g/mol. The maximum Gasteiger partial charge on any atom is 0.0541 e. The smallest absolute Gasteiger partial charge is 0.0541 e. The summed E-state index contributed by atoms with van der Waals surface area (Å²) in [6.07, 6.45) is 0. The van der Waals surface area contributed by atoms with E-state index in [1.807, 2.05) is 0 Å². The summed E-state index contributed by atoms with van der Waals surface area (Å²) in [5, 5.41) is 2.50. The second-order valence-electron chi connectivity index (χ2n) is 17.2. The zero-order valence-corrected chi connectivity index (χ0v) is 35.0. The Hall–Kier alpha value is -7.42. The first kappa shape index (κ1) is 36.6. The van der Waals surface area contributed by atoms with Crippen LogP contribution in [0, 0.1) is 13.8 Å². The summed E-state index contributed by atoms with van der Waals surface area (Å²) in [4.78, 5) is 2.36. The van der Waals surface area contributed by atoms with E-state index in [1.165, 1.54) is 88.6 Å². The first-order valence-electron chi connectivity index (χ1n) is 21.3. The lowest BCUT2D eigenvalue weighted by Gasteiger charge is -2.26. The molecule has 0 N–H and O–H groups in total. The molecule has 11 rings (SSSR count). The Morgan fingerprint density at radius 3 is 1.49 bits per heavy atom. The van der Waals surface area contributed by atoms with Crippen LogP contribution in [0.4, 0.5) is 17.1 Å². The minimum Gasteiger partial charge on any atom is -0.311 e. The SMILES string of the molecule is Cc1ccc(N(c2ccc(-c3ccc4c(c3)C(C)(C)c3cc(C)ccc3-4)cc2)c2ccc(-c3ccc4c(c3)c3ccccc3n4-c3ccc(-c4ccccc4)cc3)cc2)cc1. The normalized spacial score (nSPS) is 12.7. The number of nitrogens with zero attached hydrogens (tertiary/aromatic N) is 2. The van der Waals surface area contributed by atoms with Gasteiger partial charge in [0.15, 0.2) is 0 Å². The molecule has 0 aliphatic heterocycles. The summed E-state index contributed by atoms with van der Waals surface area (Å²) < 4.78 is 2.39. The summed E-state index contributed by atoms with van der Waals surface area (Å²) in [5.41, 5.74) is 22.3. The molecule has 0 amide bonds. The summed E-state index contributed by atoms with van der Waals surface area (Å²) in [7, 11) is 0. The summed E-state index contributed by atoms with van der Waals surface area (Å²) in [6, 6.07) is 76.0. The number of anilines is 3. The molecule has 0 saturated heterocycles. The molecule has 0 atom stereocenters. The highest BCUT2D eigenvalue weighted by Gasteiger charge is 2.35. The third kappa shape index (κ3) is 6.26. The molecular weight excluding hydrogens is 737 g/mol. The second kappa shape index (κ2) is 14.4. The molecule has 0 fully saturated rings. The van der Waals surface area contributed by atoms with Gasteiger partial charge in [0.05, 0.1) is 11.0 Å². The number of aryl methyl sites for hydroxylation is 2. The van der Waals surface area contributed by atoms with Gasteiger partial charge in [0.1, 0.15) is 0 Å². The molecule has 0 radical (unpaired) electrons. The Morgan fingerprint density at radius 1 is 0.361 bits per heavy atom. The van der Waals surface area contributed by atoms with Crippen LogP contribution in [0.15, 0.2) is 206 Å². The van der Waals surface area contributed by atoms with Gasteiger partial charge < -0.3 is 9.47 Å². The van der Waals surface area contributed by atoms with Crippen molar-refractivity contribution in [2.75, 3.05) is 4.90 Å². The first-order chi connectivity index (χ1) is 29.8. The topological polar surface area (TPSA) is 8.17 Å². The Kier molecular flexibility index (Phi) is 8.65. The summed E-state index contributed by atoms with van der Waals surface area (Å²) in [5.74, 6) is 0. The van der Waals surface area contributed by atoms with E-state index in [-0.39, 0.29) is 5.41 Å². The molecule has 1 aliphatic carbocycles. The predicted octanol–water partition coefficient (Wildman–Crippen LogP) is 16.2. The molecule has 2 heteroatoms. The molecule has 0 saturated carbocycles. The van der Waals surface area contributed by atoms with Crippen molar-refractivity contribution in [3.63, 3.8) is 0 Å². The van der Waals surface area contributed by atoms with Crippen molar-refractivity contribution in [2.24, 2.45) is 0 Å². The van der Waals surface area contributed by atoms with E-state index in [0.717, 1.165) is 22.7 Å². The van der Waals surface area contributed by atoms with Crippen molar-refractivity contribution >= 4 is 38.9 Å². The highest BCUT2D eigenvalue weighted by molar-refractivity contribution is 6.10. The van der Waals surface area contributed by atoms with Crippen LogP contribution in [-0.4, -0.2) is 4.57 Å². The largest absolute Gasteiger partial charge is 0.311 e.